The lowest BCUT2D eigenvalue weighted by atomic mass is 10.1. The van der Waals surface area contributed by atoms with Crippen LogP contribution in [0.2, 0.25) is 0 Å². The van der Waals surface area contributed by atoms with Gasteiger partial charge in [0, 0.05) is 37.8 Å². The molecule has 27 heavy (non-hydrogen) atoms. The number of furan rings is 1. The third-order valence-corrected chi connectivity index (χ3v) is 5.33. The fourth-order valence-electron chi connectivity index (χ4n) is 3.82. The van der Waals surface area contributed by atoms with Gasteiger partial charge in [0.15, 0.2) is 0 Å². The fraction of sp³-hybridized carbons (Fsp3) is 0.579. The summed E-state index contributed by atoms with van der Waals surface area (Å²) < 4.78 is 7.40. The van der Waals surface area contributed by atoms with Crippen LogP contribution in [-0.2, 0) is 26.6 Å². The number of carbonyl (C=O) groups is 1. The maximum atomic E-state index is 12.8. The number of nitrogens with one attached hydrogen (secondary N) is 1. The van der Waals surface area contributed by atoms with Crippen molar-refractivity contribution in [1.29, 1.82) is 0 Å². The maximum Gasteiger partial charge on any atom is 0.317 e. The first-order chi connectivity index (χ1) is 13.1. The first-order valence-corrected chi connectivity index (χ1v) is 9.53. The number of fused-ring (bicyclic) bond motifs is 1. The van der Waals surface area contributed by atoms with Crippen LogP contribution in [0.1, 0.15) is 42.6 Å². The second kappa shape index (κ2) is 8.58. The Bertz CT molecular complexity index is 752. The van der Waals surface area contributed by atoms with Crippen LogP contribution in [0.3, 0.4) is 0 Å². The molecular weight excluding hydrogens is 346 g/mol. The number of hydrogen-bond donors (Lipinski definition) is 2. The summed E-state index contributed by atoms with van der Waals surface area (Å²) in [6, 6.07) is 3.73. The topological polar surface area (TPSA) is 86.8 Å². The van der Waals surface area contributed by atoms with Gasteiger partial charge in [-0.2, -0.15) is 5.10 Å². The van der Waals surface area contributed by atoms with E-state index in [4.69, 9.17) is 4.42 Å². The van der Waals surface area contributed by atoms with Crippen molar-refractivity contribution in [3.8, 4) is 0 Å². The molecule has 2 aromatic heterocycles. The average molecular weight is 375 g/mol. The summed E-state index contributed by atoms with van der Waals surface area (Å²) in [6.45, 7) is 7.44. The summed E-state index contributed by atoms with van der Waals surface area (Å²) in [5.74, 6) is 0.856. The van der Waals surface area contributed by atoms with E-state index in [-0.39, 0.29) is 18.7 Å². The van der Waals surface area contributed by atoms with E-state index < -0.39 is 0 Å². The highest BCUT2D eigenvalue weighted by atomic mass is 16.3. The van der Waals surface area contributed by atoms with Crippen molar-refractivity contribution in [3.05, 3.63) is 41.1 Å². The van der Waals surface area contributed by atoms with E-state index >= 15 is 0 Å². The quantitative estimate of drug-likeness (QED) is 0.769. The minimum Gasteiger partial charge on any atom is -0.468 e. The SMILES string of the molecule is CCN(CC)[C@@H](CNC(=O)N1CCc2c(c(CO)nn2C)C1)c1ccco1. The number of amides is 2. The van der Waals surface area contributed by atoms with Crippen molar-refractivity contribution >= 4 is 6.03 Å². The molecule has 1 aliphatic heterocycles. The molecule has 148 valence electrons. The molecule has 1 atom stereocenters. The molecule has 8 nitrogen and oxygen atoms in total. The van der Waals surface area contributed by atoms with E-state index in [2.05, 4.69) is 29.2 Å². The Morgan fingerprint density at radius 2 is 2.22 bits per heavy atom. The number of hydrogen-bond acceptors (Lipinski definition) is 5. The molecule has 8 heteroatoms. The van der Waals surface area contributed by atoms with Crippen LogP contribution in [-0.4, -0.2) is 56.9 Å². The Morgan fingerprint density at radius 3 is 2.85 bits per heavy atom. The third-order valence-electron chi connectivity index (χ3n) is 5.33. The molecule has 0 aromatic carbocycles. The van der Waals surface area contributed by atoms with Gasteiger partial charge in [0.2, 0.25) is 0 Å². The molecule has 0 fully saturated rings. The van der Waals surface area contributed by atoms with Crippen molar-refractivity contribution in [3.63, 3.8) is 0 Å². The predicted molar refractivity (Wildman–Crippen MR) is 101 cm³/mol. The zero-order chi connectivity index (χ0) is 19.4. The molecule has 0 bridgehead atoms. The van der Waals surface area contributed by atoms with Gasteiger partial charge in [-0.25, -0.2) is 4.79 Å². The molecule has 0 radical (unpaired) electrons. The lowest BCUT2D eigenvalue weighted by Crippen LogP contribution is -2.46. The van der Waals surface area contributed by atoms with E-state index in [1.165, 1.54) is 0 Å². The first-order valence-electron chi connectivity index (χ1n) is 9.53. The number of nitrogens with zero attached hydrogens (tertiary/aromatic N) is 4. The molecule has 0 saturated heterocycles. The van der Waals surface area contributed by atoms with Crippen molar-refractivity contribution in [1.82, 2.24) is 24.9 Å². The van der Waals surface area contributed by atoms with Crippen molar-refractivity contribution < 1.29 is 14.3 Å². The minimum absolute atomic E-state index is 0.00527. The van der Waals surface area contributed by atoms with E-state index in [0.29, 0.717) is 25.3 Å². The average Bonchev–Trinajstić information content (AvgIpc) is 3.32. The zero-order valence-corrected chi connectivity index (χ0v) is 16.3. The standard InChI is InChI=1S/C19H29N5O3/c1-4-23(5-2)17(18-7-6-10-27-18)11-20-19(26)24-9-8-16-14(12-24)15(13-25)21-22(16)3/h6-7,10,17,25H,4-5,8-9,11-13H2,1-3H3,(H,20,26)/t17-/m0/s1. The monoisotopic (exact) mass is 375 g/mol. The molecule has 1 aliphatic rings. The molecule has 3 rings (SSSR count). The molecule has 0 spiro atoms. The zero-order valence-electron chi connectivity index (χ0n) is 16.3. The van der Waals surface area contributed by atoms with Crippen LogP contribution < -0.4 is 5.32 Å². The van der Waals surface area contributed by atoms with Crippen LogP contribution in [0.4, 0.5) is 4.79 Å². The summed E-state index contributed by atoms with van der Waals surface area (Å²) in [4.78, 5) is 16.8. The number of carbonyl (C=O) groups excluding carboxylic acids is 1. The van der Waals surface area contributed by atoms with E-state index in [9.17, 15) is 9.90 Å². The number of aliphatic hydroxyl groups excluding tert-OH is 1. The Kier molecular flexibility index (Phi) is 6.18. The third kappa shape index (κ3) is 4.01. The summed E-state index contributed by atoms with van der Waals surface area (Å²) >= 11 is 0. The van der Waals surface area contributed by atoms with Gasteiger partial charge < -0.3 is 19.7 Å². The molecular formula is C19H29N5O3. The summed E-state index contributed by atoms with van der Waals surface area (Å²) in [7, 11) is 1.88. The van der Waals surface area contributed by atoms with Gasteiger partial charge in [-0.3, -0.25) is 9.58 Å². The molecule has 0 saturated carbocycles. The van der Waals surface area contributed by atoms with Gasteiger partial charge in [0.1, 0.15) is 5.76 Å². The van der Waals surface area contributed by atoms with Crippen molar-refractivity contribution in [2.45, 2.75) is 39.5 Å². The first kappa shape index (κ1) is 19.4. The Hall–Kier alpha value is -2.32. The Morgan fingerprint density at radius 1 is 1.44 bits per heavy atom. The van der Waals surface area contributed by atoms with Gasteiger partial charge in [0.05, 0.1) is 31.2 Å². The maximum absolute atomic E-state index is 12.8. The van der Waals surface area contributed by atoms with Gasteiger partial charge in [-0.1, -0.05) is 13.8 Å². The highest BCUT2D eigenvalue weighted by Gasteiger charge is 2.27. The largest absolute Gasteiger partial charge is 0.468 e. The van der Waals surface area contributed by atoms with Gasteiger partial charge >= 0.3 is 6.03 Å². The molecule has 2 amide bonds. The molecule has 2 aromatic rings. The highest BCUT2D eigenvalue weighted by Crippen LogP contribution is 2.23. The molecule has 3 heterocycles. The number of likely N-dealkylation sites (N-methyl/N-ethyl adjacent to an activating group) is 1. The van der Waals surface area contributed by atoms with Gasteiger partial charge in [-0.15, -0.1) is 0 Å². The van der Waals surface area contributed by atoms with E-state index in [0.717, 1.165) is 36.5 Å². The number of aryl methyl sites for hydroxylation is 1. The lowest BCUT2D eigenvalue weighted by molar-refractivity contribution is 0.169. The van der Waals surface area contributed by atoms with Crippen LogP contribution in [0, 0.1) is 0 Å². The number of aromatic nitrogens is 2. The minimum atomic E-state index is -0.110. The smallest absolute Gasteiger partial charge is 0.317 e. The second-order valence-electron chi connectivity index (χ2n) is 6.76. The summed E-state index contributed by atoms with van der Waals surface area (Å²) in [5, 5.41) is 16.9. The van der Waals surface area contributed by atoms with E-state index in [1.54, 1.807) is 11.2 Å². The normalized spacial score (nSPS) is 15.1. The molecule has 0 aliphatic carbocycles. The predicted octanol–water partition coefficient (Wildman–Crippen LogP) is 1.66. The van der Waals surface area contributed by atoms with Crippen LogP contribution in [0.25, 0.3) is 0 Å². The highest BCUT2D eigenvalue weighted by molar-refractivity contribution is 5.74. The van der Waals surface area contributed by atoms with Crippen molar-refractivity contribution in [2.75, 3.05) is 26.2 Å². The fourth-order valence-corrected chi connectivity index (χ4v) is 3.82. The summed E-state index contributed by atoms with van der Waals surface area (Å²) in [5.41, 5.74) is 2.72. The Labute approximate surface area is 159 Å². The van der Waals surface area contributed by atoms with Crippen LogP contribution in [0.15, 0.2) is 22.8 Å². The number of aliphatic hydroxyl groups is 1. The second-order valence-corrected chi connectivity index (χ2v) is 6.76. The number of urea groups is 1. The summed E-state index contributed by atoms with van der Waals surface area (Å²) in [6.07, 6.45) is 2.41. The van der Waals surface area contributed by atoms with Crippen LogP contribution >= 0.6 is 0 Å². The van der Waals surface area contributed by atoms with Crippen LogP contribution in [0.5, 0.6) is 0 Å². The molecule has 2 N–H and O–H groups in total. The van der Waals surface area contributed by atoms with Gasteiger partial charge in [-0.05, 0) is 25.2 Å². The molecule has 0 unspecified atom stereocenters. The van der Waals surface area contributed by atoms with E-state index in [1.807, 2.05) is 23.9 Å². The number of rotatable bonds is 7. The Balaban J connectivity index is 1.66. The van der Waals surface area contributed by atoms with Crippen molar-refractivity contribution in [2.24, 2.45) is 7.05 Å². The van der Waals surface area contributed by atoms with Gasteiger partial charge in [0.25, 0.3) is 0 Å². The lowest BCUT2D eigenvalue weighted by Gasteiger charge is -2.31.